The van der Waals surface area contributed by atoms with Crippen molar-refractivity contribution in [2.75, 3.05) is 49.5 Å². The van der Waals surface area contributed by atoms with Gasteiger partial charge in [-0.2, -0.15) is 0 Å². The number of nitrogens with zero attached hydrogens (tertiary/aromatic N) is 5. The highest BCUT2D eigenvalue weighted by Crippen LogP contribution is 2.15. The first-order valence-corrected chi connectivity index (χ1v) is 8.45. The molecule has 0 aliphatic carbocycles. The smallest absolute Gasteiger partial charge is 0.269 e. The standard InChI is InChI=1S/C17H22N6O2/c24-23(25)16-5-3-15(4-6-16)18-9-2-10-21-11-13-22(14-12-21)17-19-7-1-8-20-17/h1,3-8,18H,2,9-14H2. The van der Waals surface area contributed by atoms with Crippen molar-refractivity contribution < 1.29 is 4.92 Å². The Morgan fingerprint density at radius 1 is 1.08 bits per heavy atom. The third-order valence-corrected chi connectivity index (χ3v) is 4.27. The highest BCUT2D eigenvalue weighted by Gasteiger charge is 2.18. The van der Waals surface area contributed by atoms with Crippen LogP contribution in [0.3, 0.4) is 0 Å². The number of nitro groups is 1. The highest BCUT2D eigenvalue weighted by molar-refractivity contribution is 5.48. The molecule has 0 atom stereocenters. The molecular weight excluding hydrogens is 320 g/mol. The summed E-state index contributed by atoms with van der Waals surface area (Å²) in [5.74, 6) is 0.807. The summed E-state index contributed by atoms with van der Waals surface area (Å²) in [6.07, 6.45) is 4.58. The van der Waals surface area contributed by atoms with Crippen molar-refractivity contribution in [3.05, 3.63) is 52.8 Å². The fourth-order valence-electron chi connectivity index (χ4n) is 2.86. The Morgan fingerprint density at radius 3 is 2.40 bits per heavy atom. The molecule has 1 aromatic carbocycles. The zero-order chi connectivity index (χ0) is 17.5. The van der Waals surface area contributed by atoms with Crippen molar-refractivity contribution in [3.8, 4) is 0 Å². The Bertz CT molecular complexity index is 671. The molecule has 0 unspecified atom stereocenters. The summed E-state index contributed by atoms with van der Waals surface area (Å²) in [7, 11) is 0. The molecule has 1 saturated heterocycles. The van der Waals surface area contributed by atoms with Crippen molar-refractivity contribution in [2.45, 2.75) is 6.42 Å². The number of hydrogen-bond acceptors (Lipinski definition) is 7. The van der Waals surface area contributed by atoms with E-state index in [9.17, 15) is 10.1 Å². The molecule has 0 radical (unpaired) electrons. The highest BCUT2D eigenvalue weighted by atomic mass is 16.6. The largest absolute Gasteiger partial charge is 0.385 e. The van der Waals surface area contributed by atoms with E-state index >= 15 is 0 Å². The molecule has 1 aliphatic rings. The van der Waals surface area contributed by atoms with Gasteiger partial charge >= 0.3 is 0 Å². The molecule has 0 spiro atoms. The number of rotatable bonds is 7. The van der Waals surface area contributed by atoms with E-state index < -0.39 is 0 Å². The number of anilines is 2. The number of piperazine rings is 1. The Labute approximate surface area is 146 Å². The molecule has 8 heteroatoms. The van der Waals surface area contributed by atoms with Crippen molar-refractivity contribution in [1.82, 2.24) is 14.9 Å². The van der Waals surface area contributed by atoms with Gasteiger partial charge in [-0.25, -0.2) is 9.97 Å². The Kier molecular flexibility index (Phi) is 5.73. The number of benzene rings is 1. The molecule has 3 rings (SSSR count). The number of hydrogen-bond donors (Lipinski definition) is 1. The minimum atomic E-state index is -0.385. The van der Waals surface area contributed by atoms with Crippen LogP contribution >= 0.6 is 0 Å². The van der Waals surface area contributed by atoms with Crippen molar-refractivity contribution in [3.63, 3.8) is 0 Å². The fraction of sp³-hybridized carbons (Fsp3) is 0.412. The van der Waals surface area contributed by atoms with Gasteiger partial charge in [0.15, 0.2) is 0 Å². The molecule has 2 aromatic rings. The second-order valence-electron chi connectivity index (χ2n) is 5.96. The Balaban J connectivity index is 1.34. The fourth-order valence-corrected chi connectivity index (χ4v) is 2.86. The quantitative estimate of drug-likeness (QED) is 0.468. The van der Waals surface area contributed by atoms with Gasteiger partial charge in [0.05, 0.1) is 4.92 Å². The lowest BCUT2D eigenvalue weighted by Gasteiger charge is -2.34. The minimum Gasteiger partial charge on any atom is -0.385 e. The maximum Gasteiger partial charge on any atom is 0.269 e. The summed E-state index contributed by atoms with van der Waals surface area (Å²) >= 11 is 0. The molecule has 0 bridgehead atoms. The maximum atomic E-state index is 10.6. The van der Waals surface area contributed by atoms with Gasteiger partial charge < -0.3 is 10.2 Å². The van der Waals surface area contributed by atoms with E-state index in [1.54, 1.807) is 24.5 Å². The van der Waals surface area contributed by atoms with Crippen LogP contribution in [0.5, 0.6) is 0 Å². The van der Waals surface area contributed by atoms with Gasteiger partial charge in [-0.3, -0.25) is 15.0 Å². The van der Waals surface area contributed by atoms with E-state index in [1.165, 1.54) is 12.1 Å². The third-order valence-electron chi connectivity index (χ3n) is 4.27. The van der Waals surface area contributed by atoms with Crippen LogP contribution in [-0.2, 0) is 0 Å². The van der Waals surface area contributed by atoms with E-state index in [-0.39, 0.29) is 10.6 Å². The molecule has 8 nitrogen and oxygen atoms in total. The van der Waals surface area contributed by atoms with Gasteiger partial charge in [-0.05, 0) is 31.2 Å². The lowest BCUT2D eigenvalue weighted by Crippen LogP contribution is -2.47. The number of nitrogens with one attached hydrogen (secondary N) is 1. The molecule has 1 aliphatic heterocycles. The van der Waals surface area contributed by atoms with Gasteiger partial charge in [0.1, 0.15) is 0 Å². The number of nitro benzene ring substituents is 1. The molecule has 1 aromatic heterocycles. The molecule has 1 fully saturated rings. The summed E-state index contributed by atoms with van der Waals surface area (Å²) in [4.78, 5) is 23.5. The second kappa shape index (κ2) is 8.39. The molecule has 0 amide bonds. The average Bonchev–Trinajstić information content (AvgIpc) is 2.67. The molecule has 2 heterocycles. The van der Waals surface area contributed by atoms with Crippen molar-refractivity contribution >= 4 is 17.3 Å². The first kappa shape index (κ1) is 17.1. The van der Waals surface area contributed by atoms with Gasteiger partial charge in [-0.1, -0.05) is 0 Å². The summed E-state index contributed by atoms with van der Waals surface area (Å²) in [6, 6.07) is 8.37. The Hall–Kier alpha value is -2.74. The summed E-state index contributed by atoms with van der Waals surface area (Å²) in [5.41, 5.74) is 1.03. The second-order valence-corrected chi connectivity index (χ2v) is 5.96. The first-order valence-electron chi connectivity index (χ1n) is 8.45. The van der Waals surface area contributed by atoms with E-state index in [0.29, 0.717) is 0 Å². The van der Waals surface area contributed by atoms with Crippen LogP contribution in [0.15, 0.2) is 42.7 Å². The first-order chi connectivity index (χ1) is 12.2. The van der Waals surface area contributed by atoms with Crippen LogP contribution in [0, 0.1) is 10.1 Å². The zero-order valence-electron chi connectivity index (χ0n) is 14.0. The molecule has 0 saturated carbocycles. The predicted octanol–water partition coefficient (Wildman–Crippen LogP) is 2.01. The normalized spacial score (nSPS) is 15.1. The monoisotopic (exact) mass is 342 g/mol. The van der Waals surface area contributed by atoms with Crippen LogP contribution in [0.2, 0.25) is 0 Å². The average molecular weight is 342 g/mol. The topological polar surface area (TPSA) is 87.4 Å². The SMILES string of the molecule is O=[N+]([O-])c1ccc(NCCCN2CCN(c3ncccn3)CC2)cc1. The van der Waals surface area contributed by atoms with Gasteiger partial charge in [0.2, 0.25) is 5.95 Å². The zero-order valence-corrected chi connectivity index (χ0v) is 14.0. The number of non-ortho nitro benzene ring substituents is 1. The van der Waals surface area contributed by atoms with Gasteiger partial charge in [0.25, 0.3) is 5.69 Å². The summed E-state index contributed by atoms with van der Waals surface area (Å²) in [6.45, 7) is 5.79. The molecule has 132 valence electrons. The van der Waals surface area contributed by atoms with Crippen LogP contribution in [0.4, 0.5) is 17.3 Å². The van der Waals surface area contributed by atoms with E-state index in [1.807, 2.05) is 6.07 Å². The van der Waals surface area contributed by atoms with Crippen molar-refractivity contribution in [1.29, 1.82) is 0 Å². The van der Waals surface area contributed by atoms with E-state index in [2.05, 4.69) is 25.1 Å². The van der Waals surface area contributed by atoms with Crippen LogP contribution < -0.4 is 10.2 Å². The van der Waals surface area contributed by atoms with Crippen LogP contribution in [0.25, 0.3) is 0 Å². The lowest BCUT2D eigenvalue weighted by molar-refractivity contribution is -0.384. The van der Waals surface area contributed by atoms with Crippen molar-refractivity contribution in [2.24, 2.45) is 0 Å². The van der Waals surface area contributed by atoms with E-state index in [0.717, 1.165) is 57.3 Å². The van der Waals surface area contributed by atoms with Gasteiger partial charge in [0, 0.05) is 62.9 Å². The number of aromatic nitrogens is 2. The maximum absolute atomic E-state index is 10.6. The third kappa shape index (κ3) is 4.87. The molecular formula is C17H22N6O2. The summed E-state index contributed by atoms with van der Waals surface area (Å²) in [5, 5.41) is 13.9. The van der Waals surface area contributed by atoms with Gasteiger partial charge in [-0.15, -0.1) is 0 Å². The molecule has 25 heavy (non-hydrogen) atoms. The predicted molar refractivity (Wildman–Crippen MR) is 96.9 cm³/mol. The molecule has 1 N–H and O–H groups in total. The van der Waals surface area contributed by atoms with Crippen LogP contribution in [0.1, 0.15) is 6.42 Å². The lowest BCUT2D eigenvalue weighted by atomic mass is 10.2. The minimum absolute atomic E-state index is 0.116. The summed E-state index contributed by atoms with van der Waals surface area (Å²) < 4.78 is 0. The van der Waals surface area contributed by atoms with Crippen LogP contribution in [-0.4, -0.2) is 59.1 Å². The van der Waals surface area contributed by atoms with E-state index in [4.69, 9.17) is 0 Å². The Morgan fingerprint density at radius 2 is 1.76 bits per heavy atom.